The smallest absolute Gasteiger partial charge is 0.236 e. The van der Waals surface area contributed by atoms with Gasteiger partial charge < -0.3 is 5.32 Å². The van der Waals surface area contributed by atoms with Gasteiger partial charge in [0.25, 0.3) is 0 Å². The summed E-state index contributed by atoms with van der Waals surface area (Å²) in [6.07, 6.45) is 1.46. The Bertz CT molecular complexity index is 1170. The van der Waals surface area contributed by atoms with Crippen molar-refractivity contribution >= 4 is 35.1 Å². The zero-order valence-electron chi connectivity index (χ0n) is 15.5. The highest BCUT2D eigenvalue weighted by Gasteiger charge is 2.19. The molecule has 0 radical (unpaired) electrons. The molecule has 9 heteroatoms. The van der Waals surface area contributed by atoms with E-state index in [1.54, 1.807) is 34.9 Å². The molecule has 0 aliphatic carbocycles. The van der Waals surface area contributed by atoms with Crippen LogP contribution in [-0.2, 0) is 4.79 Å². The molecule has 4 aromatic rings. The number of pyridine rings is 1. The van der Waals surface area contributed by atoms with Gasteiger partial charge in [0.15, 0.2) is 11.0 Å². The number of hydrogen-bond donors (Lipinski definition) is 1. The van der Waals surface area contributed by atoms with Crippen molar-refractivity contribution in [3.8, 4) is 17.1 Å². The molecule has 4 rings (SSSR count). The molecule has 1 N–H and O–H groups in total. The third-order valence-corrected chi connectivity index (χ3v) is 5.24. The predicted octanol–water partition coefficient (Wildman–Crippen LogP) is 4.85. The molecule has 0 atom stereocenters. The van der Waals surface area contributed by atoms with Crippen LogP contribution in [0.25, 0.3) is 17.1 Å². The Hall–Kier alpha value is -3.23. The number of amides is 1. The van der Waals surface area contributed by atoms with E-state index in [9.17, 15) is 9.18 Å². The molecule has 2 aromatic heterocycles. The largest absolute Gasteiger partial charge is 0.310 e. The highest BCUT2D eigenvalue weighted by molar-refractivity contribution is 7.99. The van der Waals surface area contributed by atoms with Gasteiger partial charge in [0, 0.05) is 11.9 Å². The summed E-state index contributed by atoms with van der Waals surface area (Å²) in [5.41, 5.74) is 1.10. The first kappa shape index (κ1) is 20.1. The second-order valence-electron chi connectivity index (χ2n) is 6.16. The van der Waals surface area contributed by atoms with E-state index in [2.05, 4.69) is 20.5 Å². The summed E-state index contributed by atoms with van der Waals surface area (Å²) < 4.78 is 16.1. The average molecular weight is 440 g/mol. The normalized spacial score (nSPS) is 10.7. The number of rotatable bonds is 6. The monoisotopic (exact) mass is 439 g/mol. The predicted molar refractivity (Wildman–Crippen MR) is 115 cm³/mol. The Morgan fingerprint density at radius 1 is 1.03 bits per heavy atom. The number of halogens is 2. The van der Waals surface area contributed by atoms with Crippen molar-refractivity contribution in [1.29, 1.82) is 0 Å². The van der Waals surface area contributed by atoms with Crippen molar-refractivity contribution in [2.45, 2.75) is 5.16 Å². The maximum atomic E-state index is 14.4. The highest BCUT2D eigenvalue weighted by atomic mass is 35.5. The van der Waals surface area contributed by atoms with E-state index in [0.717, 1.165) is 5.69 Å². The topological polar surface area (TPSA) is 72.7 Å². The van der Waals surface area contributed by atoms with Crippen LogP contribution in [-0.4, -0.2) is 31.4 Å². The quantitative estimate of drug-likeness (QED) is 0.435. The van der Waals surface area contributed by atoms with E-state index in [1.807, 2.05) is 30.3 Å². The SMILES string of the molecule is O=C(CSc1nnc(-c2ccccc2F)n1-c1ccccc1)Nc1ccc(Cl)cn1. The Balaban J connectivity index is 1.59. The number of thioether (sulfide) groups is 1. The minimum atomic E-state index is -0.398. The molecule has 0 saturated carbocycles. The summed E-state index contributed by atoms with van der Waals surface area (Å²) in [7, 11) is 0. The Morgan fingerprint density at radius 2 is 1.80 bits per heavy atom. The number of carbonyl (C=O) groups is 1. The van der Waals surface area contributed by atoms with Gasteiger partial charge in [0.05, 0.1) is 16.3 Å². The van der Waals surface area contributed by atoms with Crippen molar-refractivity contribution in [2.75, 3.05) is 11.1 Å². The second kappa shape index (κ2) is 9.06. The van der Waals surface area contributed by atoms with E-state index < -0.39 is 5.82 Å². The van der Waals surface area contributed by atoms with Gasteiger partial charge in [-0.2, -0.15) is 0 Å². The summed E-state index contributed by atoms with van der Waals surface area (Å²) in [6, 6.07) is 19.0. The first-order valence-electron chi connectivity index (χ1n) is 8.92. The number of nitrogens with one attached hydrogen (secondary N) is 1. The molecule has 1 amide bonds. The van der Waals surface area contributed by atoms with Crippen molar-refractivity contribution in [2.24, 2.45) is 0 Å². The van der Waals surface area contributed by atoms with Crippen LogP contribution in [0.15, 0.2) is 78.1 Å². The molecule has 30 heavy (non-hydrogen) atoms. The number of benzene rings is 2. The fraction of sp³-hybridized carbons (Fsp3) is 0.0476. The number of aromatic nitrogens is 4. The van der Waals surface area contributed by atoms with E-state index in [0.29, 0.717) is 27.4 Å². The van der Waals surface area contributed by atoms with Crippen molar-refractivity contribution in [3.63, 3.8) is 0 Å². The van der Waals surface area contributed by atoms with Crippen molar-refractivity contribution in [3.05, 3.63) is 83.8 Å². The third-order valence-electron chi connectivity index (χ3n) is 4.09. The Kier molecular flexibility index (Phi) is 6.06. The maximum absolute atomic E-state index is 14.4. The zero-order chi connectivity index (χ0) is 20.9. The second-order valence-corrected chi connectivity index (χ2v) is 7.53. The van der Waals surface area contributed by atoms with Crippen molar-refractivity contribution in [1.82, 2.24) is 19.7 Å². The Labute approximate surface area is 181 Å². The molecular formula is C21H15ClFN5OS. The van der Waals surface area contributed by atoms with Crippen LogP contribution in [0.1, 0.15) is 0 Å². The first-order chi connectivity index (χ1) is 14.6. The van der Waals surface area contributed by atoms with E-state index in [-0.39, 0.29) is 11.7 Å². The minimum Gasteiger partial charge on any atom is -0.310 e. The van der Waals surface area contributed by atoms with E-state index in [4.69, 9.17) is 11.6 Å². The Morgan fingerprint density at radius 3 is 2.53 bits per heavy atom. The fourth-order valence-corrected chi connectivity index (χ4v) is 3.61. The molecule has 2 heterocycles. The van der Waals surface area contributed by atoms with Gasteiger partial charge in [-0.05, 0) is 36.4 Å². The zero-order valence-corrected chi connectivity index (χ0v) is 17.1. The number of nitrogens with zero attached hydrogens (tertiary/aromatic N) is 4. The number of anilines is 1. The maximum Gasteiger partial charge on any atom is 0.236 e. The molecule has 0 spiro atoms. The van der Waals surface area contributed by atoms with Crippen LogP contribution >= 0.6 is 23.4 Å². The molecule has 0 bridgehead atoms. The lowest BCUT2D eigenvalue weighted by Gasteiger charge is -2.10. The molecule has 6 nitrogen and oxygen atoms in total. The summed E-state index contributed by atoms with van der Waals surface area (Å²) in [5, 5.41) is 12.0. The lowest BCUT2D eigenvalue weighted by atomic mass is 10.2. The third kappa shape index (κ3) is 4.50. The van der Waals surface area contributed by atoms with Crippen molar-refractivity contribution < 1.29 is 9.18 Å². The van der Waals surface area contributed by atoms with Crippen LogP contribution in [0.4, 0.5) is 10.2 Å². The lowest BCUT2D eigenvalue weighted by molar-refractivity contribution is -0.113. The van der Waals surface area contributed by atoms with Gasteiger partial charge in [-0.15, -0.1) is 10.2 Å². The van der Waals surface area contributed by atoms with Gasteiger partial charge in [-0.1, -0.05) is 53.7 Å². The molecular weight excluding hydrogens is 425 g/mol. The van der Waals surface area contributed by atoms with Crippen LogP contribution in [0.3, 0.4) is 0 Å². The van der Waals surface area contributed by atoms with E-state index >= 15 is 0 Å². The standard InChI is InChI=1S/C21H15ClFN5OS/c22-14-10-11-18(24-12-14)25-19(29)13-30-21-27-26-20(16-8-4-5-9-17(16)23)28(21)15-6-2-1-3-7-15/h1-12H,13H2,(H,24,25,29). The van der Waals surface area contributed by atoms with Gasteiger partial charge in [0.1, 0.15) is 11.6 Å². The summed E-state index contributed by atoms with van der Waals surface area (Å²) >= 11 is 7.00. The summed E-state index contributed by atoms with van der Waals surface area (Å²) in [6.45, 7) is 0. The summed E-state index contributed by atoms with van der Waals surface area (Å²) in [5.74, 6) is 0.185. The van der Waals surface area contributed by atoms with Crippen LogP contribution in [0, 0.1) is 5.82 Å². The van der Waals surface area contributed by atoms with Gasteiger partial charge >= 0.3 is 0 Å². The van der Waals surface area contributed by atoms with Crippen LogP contribution in [0.5, 0.6) is 0 Å². The highest BCUT2D eigenvalue weighted by Crippen LogP contribution is 2.29. The number of carbonyl (C=O) groups excluding carboxylic acids is 1. The molecule has 0 saturated heterocycles. The van der Waals surface area contributed by atoms with Crippen LogP contribution < -0.4 is 5.32 Å². The van der Waals surface area contributed by atoms with Gasteiger partial charge in [0.2, 0.25) is 5.91 Å². The lowest BCUT2D eigenvalue weighted by Crippen LogP contribution is -2.15. The minimum absolute atomic E-state index is 0.0759. The fourth-order valence-electron chi connectivity index (χ4n) is 2.75. The summed E-state index contributed by atoms with van der Waals surface area (Å²) in [4.78, 5) is 16.4. The molecule has 2 aromatic carbocycles. The molecule has 150 valence electrons. The van der Waals surface area contributed by atoms with Crippen LogP contribution in [0.2, 0.25) is 5.02 Å². The average Bonchev–Trinajstić information content (AvgIpc) is 3.18. The number of para-hydroxylation sites is 1. The molecule has 0 aliphatic heterocycles. The molecule has 0 aliphatic rings. The molecule has 0 unspecified atom stereocenters. The number of hydrogen-bond acceptors (Lipinski definition) is 5. The van der Waals surface area contributed by atoms with Gasteiger partial charge in [-0.25, -0.2) is 9.37 Å². The van der Waals surface area contributed by atoms with E-state index in [1.165, 1.54) is 24.0 Å². The van der Waals surface area contributed by atoms with Gasteiger partial charge in [-0.3, -0.25) is 9.36 Å². The first-order valence-corrected chi connectivity index (χ1v) is 10.3. The molecule has 0 fully saturated rings.